The Kier molecular flexibility index (Phi) is 5.79. The summed E-state index contributed by atoms with van der Waals surface area (Å²) in [5.74, 6) is 0. The molecule has 18 heavy (non-hydrogen) atoms. The van der Waals surface area contributed by atoms with Gasteiger partial charge in [-0.05, 0) is 0 Å². The van der Waals surface area contributed by atoms with Crippen LogP contribution in [0.15, 0.2) is 42.7 Å². The number of nitrogens with zero attached hydrogens (tertiary/aromatic N) is 2. The second-order valence-corrected chi connectivity index (χ2v) is 5.52. The zero-order valence-corrected chi connectivity index (χ0v) is 13.2. The maximum atomic E-state index is 12.3. The first-order valence-electron chi connectivity index (χ1n) is 5.03. The second-order valence-electron chi connectivity index (χ2n) is 3.50. The Balaban J connectivity index is 0.00000162. The Bertz CT molecular complexity index is 544. The second kappa shape index (κ2) is 6.66. The van der Waals surface area contributed by atoms with E-state index in [0.717, 1.165) is 0 Å². The van der Waals surface area contributed by atoms with Gasteiger partial charge < -0.3 is 18.8 Å². The normalized spacial score (nSPS) is 13.7. The molecule has 7 heteroatoms. The third kappa shape index (κ3) is 3.12. The van der Waals surface area contributed by atoms with Gasteiger partial charge in [0.05, 0.1) is 0 Å². The van der Waals surface area contributed by atoms with Crippen molar-refractivity contribution < 1.29 is 14.2 Å². The van der Waals surface area contributed by atoms with Gasteiger partial charge in [0.15, 0.2) is 5.57 Å². The van der Waals surface area contributed by atoms with Gasteiger partial charge in [0, 0.05) is 54.4 Å². The van der Waals surface area contributed by atoms with Crippen LogP contribution >= 0.6 is 7.37 Å². The van der Waals surface area contributed by atoms with Crippen LogP contribution in [-0.2, 0) is 16.0 Å². The minimum Gasteiger partial charge on any atom is -0.790 e. The Hall–Kier alpha value is -0.420. The molecule has 0 amide bonds. The fraction of sp³-hybridized carbons (Fsp3) is 0.182. The Morgan fingerprint density at radius 3 is 2.67 bits per heavy atom. The summed E-state index contributed by atoms with van der Waals surface area (Å²) in [5, 5.41) is 0.253. The van der Waals surface area contributed by atoms with E-state index in [2.05, 4.69) is 4.98 Å². The molecule has 2 rings (SSSR count). The number of methoxy groups -OCH3 is 1. The summed E-state index contributed by atoms with van der Waals surface area (Å²) < 4.78 is 18.7. The summed E-state index contributed by atoms with van der Waals surface area (Å²) in [6.45, 7) is 0.161. The van der Waals surface area contributed by atoms with E-state index in [4.69, 9.17) is 4.74 Å². The molecular formula is C11H12N2NaO3P-. The molecule has 91 valence electrons. The van der Waals surface area contributed by atoms with E-state index in [-0.39, 0.29) is 47.2 Å². The smallest absolute Gasteiger partial charge is 0.161 e. The van der Waals surface area contributed by atoms with Crippen molar-refractivity contribution >= 4 is 47.8 Å². The van der Waals surface area contributed by atoms with Crippen LogP contribution in [0.5, 0.6) is 0 Å². The minimum atomic E-state index is -3.89. The van der Waals surface area contributed by atoms with Crippen molar-refractivity contribution in [3.63, 3.8) is 0 Å². The van der Waals surface area contributed by atoms with Crippen LogP contribution in [0.3, 0.4) is 0 Å². The van der Waals surface area contributed by atoms with Crippen molar-refractivity contribution in [2.75, 3.05) is 7.11 Å². The van der Waals surface area contributed by atoms with Crippen molar-refractivity contribution in [3.05, 3.63) is 42.7 Å². The van der Waals surface area contributed by atoms with E-state index in [9.17, 15) is 9.46 Å². The first kappa shape index (κ1) is 15.6. The molecule has 0 aliphatic carbocycles. The third-order valence-corrected chi connectivity index (χ3v) is 4.20. The number of benzene rings is 1. The molecule has 0 aliphatic heterocycles. The fourth-order valence-electron chi connectivity index (χ4n) is 1.55. The topological polar surface area (TPSA) is 67.2 Å². The zero-order chi connectivity index (χ0) is 12.3. The van der Waals surface area contributed by atoms with Gasteiger partial charge in [-0.1, -0.05) is 30.3 Å². The summed E-state index contributed by atoms with van der Waals surface area (Å²) in [6, 6.07) is 8.25. The van der Waals surface area contributed by atoms with Crippen molar-refractivity contribution in [2.45, 2.75) is 6.73 Å². The predicted molar refractivity (Wildman–Crippen MR) is 68.3 cm³/mol. The first-order valence-corrected chi connectivity index (χ1v) is 6.66. The van der Waals surface area contributed by atoms with E-state index >= 15 is 0 Å². The predicted octanol–water partition coefficient (Wildman–Crippen LogP) is -0.305. The standard InChI is InChI=1S/C11H13N2O3P.Na/c1-16-9-13-8-7-12-11(13)17(14,15)10-5-3-2-4-6-10;/h2-8H,9H2,1H3,(H,14,15);/p-1. The molecule has 1 heterocycles. The molecule has 0 aliphatic rings. The van der Waals surface area contributed by atoms with Crippen LogP contribution in [-0.4, -0.2) is 46.2 Å². The molecule has 1 aromatic heterocycles. The van der Waals surface area contributed by atoms with Crippen LogP contribution in [0.1, 0.15) is 0 Å². The fourth-order valence-corrected chi connectivity index (χ4v) is 3.02. The van der Waals surface area contributed by atoms with Gasteiger partial charge in [0.2, 0.25) is 0 Å². The molecule has 5 nitrogen and oxygen atoms in total. The van der Waals surface area contributed by atoms with Crippen molar-refractivity contribution in [3.8, 4) is 0 Å². The van der Waals surface area contributed by atoms with Crippen molar-refractivity contribution in [1.29, 1.82) is 0 Å². The number of rotatable bonds is 4. The Morgan fingerprint density at radius 1 is 1.39 bits per heavy atom. The number of hydrogen-bond acceptors (Lipinski definition) is 4. The molecule has 1 radical (unpaired) electrons. The molecule has 0 fully saturated rings. The number of imidazole rings is 1. The van der Waals surface area contributed by atoms with Gasteiger partial charge in [0.1, 0.15) is 14.1 Å². The van der Waals surface area contributed by atoms with E-state index in [1.54, 1.807) is 36.5 Å². The van der Waals surface area contributed by atoms with Crippen LogP contribution in [0, 0.1) is 0 Å². The summed E-state index contributed by atoms with van der Waals surface area (Å²) in [5.41, 5.74) is 0.0190. The molecular weight excluding hydrogens is 262 g/mol. The van der Waals surface area contributed by atoms with E-state index in [0.29, 0.717) is 0 Å². The van der Waals surface area contributed by atoms with Gasteiger partial charge >= 0.3 is 0 Å². The number of hydrogen-bond donors (Lipinski definition) is 0. The first-order chi connectivity index (χ1) is 8.16. The zero-order valence-electron chi connectivity index (χ0n) is 10.3. The van der Waals surface area contributed by atoms with E-state index in [1.165, 1.54) is 17.9 Å². The summed E-state index contributed by atoms with van der Waals surface area (Å²) in [6.07, 6.45) is 3.02. The van der Waals surface area contributed by atoms with Crippen molar-refractivity contribution in [2.24, 2.45) is 0 Å². The maximum Gasteiger partial charge on any atom is 0.161 e. The quantitative estimate of drug-likeness (QED) is 0.567. The largest absolute Gasteiger partial charge is 0.790 e. The van der Waals surface area contributed by atoms with Gasteiger partial charge in [-0.3, -0.25) is 0 Å². The SMILES string of the molecule is COCn1ccnc1P(=O)([O-])c1ccccc1.[Na]. The summed E-state index contributed by atoms with van der Waals surface area (Å²) in [4.78, 5) is 16.2. The molecule has 1 unspecified atom stereocenters. The Labute approximate surface area is 128 Å². The molecule has 0 saturated heterocycles. The molecule has 2 aromatic rings. The van der Waals surface area contributed by atoms with Crippen molar-refractivity contribution in [1.82, 2.24) is 9.55 Å². The van der Waals surface area contributed by atoms with Gasteiger partial charge in [-0.25, -0.2) is 4.98 Å². The van der Waals surface area contributed by atoms with E-state index < -0.39 is 7.37 Å². The molecule has 1 aromatic carbocycles. The van der Waals surface area contributed by atoms with Crippen LogP contribution < -0.4 is 15.8 Å². The Morgan fingerprint density at radius 2 is 2.06 bits per heavy atom. The molecule has 0 spiro atoms. The maximum absolute atomic E-state index is 12.3. The molecule has 0 saturated carbocycles. The number of ether oxygens (including phenoxy) is 1. The minimum absolute atomic E-state index is 0. The average molecular weight is 274 g/mol. The molecule has 0 N–H and O–H groups in total. The van der Waals surface area contributed by atoms with Crippen LogP contribution in [0.25, 0.3) is 0 Å². The molecule has 1 atom stereocenters. The van der Waals surface area contributed by atoms with Crippen LogP contribution in [0.4, 0.5) is 0 Å². The summed E-state index contributed by atoms with van der Waals surface area (Å²) >= 11 is 0. The van der Waals surface area contributed by atoms with Gasteiger partial charge in [-0.15, -0.1) is 0 Å². The average Bonchev–Trinajstić information content (AvgIpc) is 2.80. The monoisotopic (exact) mass is 274 g/mol. The third-order valence-electron chi connectivity index (χ3n) is 2.32. The number of aromatic nitrogens is 2. The van der Waals surface area contributed by atoms with Crippen LogP contribution in [0.2, 0.25) is 0 Å². The van der Waals surface area contributed by atoms with Gasteiger partial charge in [0.25, 0.3) is 0 Å². The summed E-state index contributed by atoms with van der Waals surface area (Å²) in [7, 11) is -2.39. The van der Waals surface area contributed by atoms with E-state index in [1.807, 2.05) is 0 Å². The van der Waals surface area contributed by atoms with Gasteiger partial charge in [-0.2, -0.15) is 0 Å². The molecule has 0 bridgehead atoms.